The molecule has 0 saturated carbocycles. The van der Waals surface area contributed by atoms with Crippen molar-refractivity contribution in [3.05, 3.63) is 40.3 Å². The highest BCUT2D eigenvalue weighted by Crippen LogP contribution is 2.09. The van der Waals surface area contributed by atoms with Crippen molar-refractivity contribution in [1.29, 1.82) is 0 Å². The zero-order chi connectivity index (χ0) is 16.3. The number of ether oxygens (including phenoxy) is 1. The molecule has 1 unspecified atom stereocenters. The van der Waals surface area contributed by atoms with Gasteiger partial charge in [-0.1, -0.05) is 12.1 Å². The van der Waals surface area contributed by atoms with Crippen LogP contribution in [0, 0.1) is 6.92 Å². The summed E-state index contributed by atoms with van der Waals surface area (Å²) in [6.07, 6.45) is 0. The summed E-state index contributed by atoms with van der Waals surface area (Å²) in [4.78, 5) is 39.8. The summed E-state index contributed by atoms with van der Waals surface area (Å²) < 4.78 is 5.89. The van der Waals surface area contributed by atoms with Crippen molar-refractivity contribution in [2.24, 2.45) is 0 Å². The lowest BCUT2D eigenvalue weighted by Crippen LogP contribution is -2.42. The van der Waals surface area contributed by atoms with E-state index in [0.717, 1.165) is 0 Å². The highest BCUT2D eigenvalue weighted by molar-refractivity contribution is 5.85. The number of hydrogen-bond donors (Lipinski definition) is 1. The van der Waals surface area contributed by atoms with E-state index in [1.165, 1.54) is 18.6 Å². The molecule has 2 rings (SSSR count). The monoisotopic (exact) mass is 303 g/mol. The number of para-hydroxylation sites is 2. The Balaban J connectivity index is 2.31. The van der Waals surface area contributed by atoms with Gasteiger partial charge in [0.15, 0.2) is 0 Å². The standard InChI is InChI=1S/C15H17N3O4/c1-9-14(20)18(12-7-5-4-6-11(12)16-9)8-13(19)17-10(2)15(21)22-3/h4-7,10H,8H2,1-3H3,(H,17,19). The number of esters is 1. The average Bonchev–Trinajstić information content (AvgIpc) is 2.50. The molecule has 2 aromatic rings. The first-order valence-corrected chi connectivity index (χ1v) is 6.77. The second-order valence-corrected chi connectivity index (χ2v) is 4.89. The number of hydrogen-bond acceptors (Lipinski definition) is 5. The van der Waals surface area contributed by atoms with Crippen LogP contribution in [0.3, 0.4) is 0 Å². The molecule has 1 aromatic heterocycles. The van der Waals surface area contributed by atoms with Crippen LogP contribution in [-0.4, -0.2) is 34.6 Å². The molecule has 1 aromatic carbocycles. The Morgan fingerprint density at radius 2 is 2.05 bits per heavy atom. The Kier molecular flexibility index (Phi) is 4.55. The van der Waals surface area contributed by atoms with E-state index in [1.807, 2.05) is 6.07 Å². The number of amides is 1. The van der Waals surface area contributed by atoms with Crippen molar-refractivity contribution >= 4 is 22.9 Å². The maximum absolute atomic E-state index is 12.2. The quantitative estimate of drug-likeness (QED) is 0.825. The zero-order valence-corrected chi connectivity index (χ0v) is 12.6. The van der Waals surface area contributed by atoms with E-state index in [2.05, 4.69) is 15.0 Å². The van der Waals surface area contributed by atoms with Gasteiger partial charge in [-0.25, -0.2) is 9.78 Å². The second-order valence-electron chi connectivity index (χ2n) is 4.89. The van der Waals surface area contributed by atoms with Gasteiger partial charge in [0.2, 0.25) is 5.91 Å². The molecule has 1 heterocycles. The molecule has 1 N–H and O–H groups in total. The largest absolute Gasteiger partial charge is 0.467 e. The molecule has 0 radical (unpaired) electrons. The summed E-state index contributed by atoms with van der Waals surface area (Å²) in [7, 11) is 1.25. The van der Waals surface area contributed by atoms with Crippen LogP contribution in [0.4, 0.5) is 0 Å². The van der Waals surface area contributed by atoms with Crippen LogP contribution in [-0.2, 0) is 20.9 Å². The van der Waals surface area contributed by atoms with Crippen LogP contribution in [0.5, 0.6) is 0 Å². The van der Waals surface area contributed by atoms with E-state index >= 15 is 0 Å². The number of carbonyl (C=O) groups excluding carboxylic acids is 2. The highest BCUT2D eigenvalue weighted by Gasteiger charge is 2.17. The number of benzene rings is 1. The molecule has 0 aliphatic carbocycles. The number of methoxy groups -OCH3 is 1. The Bertz CT molecular complexity index is 782. The van der Waals surface area contributed by atoms with E-state index in [-0.39, 0.29) is 12.1 Å². The summed E-state index contributed by atoms with van der Waals surface area (Å²) in [5.41, 5.74) is 1.18. The molecule has 0 bridgehead atoms. The van der Waals surface area contributed by atoms with Crippen LogP contribution >= 0.6 is 0 Å². The average molecular weight is 303 g/mol. The number of nitrogens with zero attached hydrogens (tertiary/aromatic N) is 2. The van der Waals surface area contributed by atoms with Crippen molar-refractivity contribution in [2.45, 2.75) is 26.4 Å². The number of aryl methyl sites for hydroxylation is 1. The maximum atomic E-state index is 12.2. The molecule has 0 aliphatic rings. The van der Waals surface area contributed by atoms with Gasteiger partial charge in [-0.15, -0.1) is 0 Å². The predicted octanol–water partition coefficient (Wildman–Crippen LogP) is 0.383. The topological polar surface area (TPSA) is 90.3 Å². The van der Waals surface area contributed by atoms with E-state index in [4.69, 9.17) is 0 Å². The second kappa shape index (κ2) is 6.38. The summed E-state index contributed by atoms with van der Waals surface area (Å²) in [6.45, 7) is 2.92. The van der Waals surface area contributed by atoms with Crippen molar-refractivity contribution in [2.75, 3.05) is 7.11 Å². The van der Waals surface area contributed by atoms with Gasteiger partial charge in [0.1, 0.15) is 18.3 Å². The molecule has 7 heteroatoms. The molecule has 0 aliphatic heterocycles. The molecule has 22 heavy (non-hydrogen) atoms. The maximum Gasteiger partial charge on any atom is 0.328 e. The molecule has 0 saturated heterocycles. The van der Waals surface area contributed by atoms with Crippen molar-refractivity contribution in [3.63, 3.8) is 0 Å². The molecular weight excluding hydrogens is 286 g/mol. The van der Waals surface area contributed by atoms with Crippen molar-refractivity contribution in [1.82, 2.24) is 14.9 Å². The lowest BCUT2D eigenvalue weighted by molar-refractivity contribution is -0.144. The van der Waals surface area contributed by atoms with Gasteiger partial charge in [0.05, 0.1) is 18.1 Å². The smallest absolute Gasteiger partial charge is 0.328 e. The lowest BCUT2D eigenvalue weighted by Gasteiger charge is -2.14. The van der Waals surface area contributed by atoms with E-state index in [0.29, 0.717) is 16.7 Å². The van der Waals surface area contributed by atoms with Crippen LogP contribution < -0.4 is 10.9 Å². The molecule has 7 nitrogen and oxygen atoms in total. The predicted molar refractivity (Wildman–Crippen MR) is 80.4 cm³/mol. The van der Waals surface area contributed by atoms with Gasteiger partial charge in [-0.2, -0.15) is 0 Å². The summed E-state index contributed by atoms with van der Waals surface area (Å²) >= 11 is 0. The van der Waals surface area contributed by atoms with Gasteiger partial charge in [0.25, 0.3) is 5.56 Å². The number of aromatic nitrogens is 2. The van der Waals surface area contributed by atoms with Gasteiger partial charge in [0, 0.05) is 0 Å². The normalized spacial score (nSPS) is 12.0. The fraction of sp³-hybridized carbons (Fsp3) is 0.333. The minimum atomic E-state index is -0.776. The Morgan fingerprint density at radius 1 is 1.36 bits per heavy atom. The van der Waals surface area contributed by atoms with Crippen LogP contribution in [0.25, 0.3) is 11.0 Å². The number of rotatable bonds is 4. The Morgan fingerprint density at radius 3 is 2.73 bits per heavy atom. The fourth-order valence-electron chi connectivity index (χ4n) is 2.14. The van der Waals surface area contributed by atoms with Gasteiger partial charge >= 0.3 is 5.97 Å². The highest BCUT2D eigenvalue weighted by atomic mass is 16.5. The first-order valence-electron chi connectivity index (χ1n) is 6.77. The third-order valence-corrected chi connectivity index (χ3v) is 3.25. The lowest BCUT2D eigenvalue weighted by atomic mass is 10.2. The molecule has 1 atom stereocenters. The fourth-order valence-corrected chi connectivity index (χ4v) is 2.14. The number of carbonyl (C=O) groups is 2. The summed E-state index contributed by atoms with van der Waals surface area (Å²) in [5, 5.41) is 2.50. The van der Waals surface area contributed by atoms with E-state index < -0.39 is 17.9 Å². The summed E-state index contributed by atoms with van der Waals surface area (Å²) in [6, 6.07) is 6.29. The third kappa shape index (κ3) is 3.13. The number of fused-ring (bicyclic) bond motifs is 1. The van der Waals surface area contributed by atoms with E-state index in [1.54, 1.807) is 25.1 Å². The van der Waals surface area contributed by atoms with Crippen molar-refractivity contribution in [3.8, 4) is 0 Å². The molecular formula is C15H17N3O4. The Hall–Kier alpha value is -2.70. The van der Waals surface area contributed by atoms with E-state index in [9.17, 15) is 14.4 Å². The minimum absolute atomic E-state index is 0.190. The summed E-state index contributed by atoms with van der Waals surface area (Å²) in [5.74, 6) is -0.993. The van der Waals surface area contributed by atoms with Crippen LogP contribution in [0.2, 0.25) is 0 Å². The minimum Gasteiger partial charge on any atom is -0.467 e. The first-order chi connectivity index (χ1) is 10.4. The van der Waals surface area contributed by atoms with Crippen molar-refractivity contribution < 1.29 is 14.3 Å². The van der Waals surface area contributed by atoms with Crippen LogP contribution in [0.1, 0.15) is 12.6 Å². The molecule has 0 fully saturated rings. The molecule has 116 valence electrons. The molecule has 1 amide bonds. The zero-order valence-electron chi connectivity index (χ0n) is 12.6. The van der Waals surface area contributed by atoms with Gasteiger partial charge in [-0.05, 0) is 26.0 Å². The third-order valence-electron chi connectivity index (χ3n) is 3.25. The SMILES string of the molecule is COC(=O)C(C)NC(=O)Cn1c(=O)c(C)nc2ccccc21. The molecule has 0 spiro atoms. The van der Waals surface area contributed by atoms with Crippen LogP contribution in [0.15, 0.2) is 29.1 Å². The van der Waals surface area contributed by atoms with Gasteiger partial charge < -0.3 is 10.1 Å². The number of nitrogens with one attached hydrogen (secondary N) is 1. The Labute approximate surface area is 126 Å². The first kappa shape index (κ1) is 15.7. The van der Waals surface area contributed by atoms with Gasteiger partial charge in [-0.3, -0.25) is 14.2 Å².